The summed E-state index contributed by atoms with van der Waals surface area (Å²) in [7, 11) is 0. The smallest absolute Gasteiger partial charge is 0.338 e. The zero-order valence-corrected chi connectivity index (χ0v) is 20.2. The van der Waals surface area contributed by atoms with Gasteiger partial charge >= 0.3 is 5.97 Å². The fourth-order valence-electron chi connectivity index (χ4n) is 4.75. The molecule has 3 aromatic carbocycles. The van der Waals surface area contributed by atoms with Crippen LogP contribution in [-0.4, -0.2) is 32.9 Å². The minimum atomic E-state index is -0.991. The van der Waals surface area contributed by atoms with Gasteiger partial charge in [-0.2, -0.15) is 0 Å². The number of amides is 1. The van der Waals surface area contributed by atoms with Gasteiger partial charge in [0.25, 0.3) is 5.91 Å². The van der Waals surface area contributed by atoms with Gasteiger partial charge in [0, 0.05) is 18.0 Å². The van der Waals surface area contributed by atoms with Crippen LogP contribution in [0.2, 0.25) is 0 Å². The van der Waals surface area contributed by atoms with Crippen LogP contribution in [0.1, 0.15) is 28.4 Å². The van der Waals surface area contributed by atoms with Gasteiger partial charge < -0.3 is 9.72 Å². The molecule has 1 atom stereocenters. The summed E-state index contributed by atoms with van der Waals surface area (Å²) in [5.74, 6) is -0.205. The number of para-hydroxylation sites is 2. The molecule has 0 aliphatic carbocycles. The Morgan fingerprint density at radius 2 is 1.62 bits per heavy atom. The van der Waals surface area contributed by atoms with Gasteiger partial charge in [0.05, 0.1) is 28.0 Å². The monoisotopic (exact) mass is 488 g/mol. The average Bonchev–Trinajstić information content (AvgIpc) is 3.29. The normalized spacial score (nSPS) is 13.4. The van der Waals surface area contributed by atoms with Gasteiger partial charge in [0.2, 0.25) is 0 Å². The number of benzene rings is 3. The molecule has 1 amide bonds. The number of rotatable bonds is 4. The Morgan fingerprint density at radius 3 is 2.30 bits per heavy atom. The molecular formula is C30H24N4O3. The molecule has 0 bridgehead atoms. The molecule has 7 heteroatoms. The summed E-state index contributed by atoms with van der Waals surface area (Å²) < 4.78 is 5.69. The van der Waals surface area contributed by atoms with E-state index in [0.29, 0.717) is 16.9 Å². The number of aryl methyl sites for hydroxylation is 2. The molecule has 182 valence electrons. The zero-order chi connectivity index (χ0) is 25.4. The number of anilines is 2. The summed E-state index contributed by atoms with van der Waals surface area (Å²) in [6, 6.07) is 24.6. The van der Waals surface area contributed by atoms with Crippen LogP contribution in [0.3, 0.4) is 0 Å². The number of hydrogen-bond acceptors (Lipinski definition) is 5. The number of nitrogens with zero attached hydrogens (tertiary/aromatic N) is 3. The number of aromatic amines is 1. The molecule has 1 aliphatic rings. The lowest BCUT2D eigenvalue weighted by atomic mass is 10.0. The first kappa shape index (κ1) is 22.7. The highest BCUT2D eigenvalue weighted by molar-refractivity contribution is 6.06. The maximum absolute atomic E-state index is 13.7. The molecule has 1 aliphatic heterocycles. The van der Waals surface area contributed by atoms with Gasteiger partial charge in [-0.1, -0.05) is 36.4 Å². The molecule has 37 heavy (non-hydrogen) atoms. The third-order valence-electron chi connectivity index (χ3n) is 6.63. The van der Waals surface area contributed by atoms with E-state index in [2.05, 4.69) is 15.0 Å². The number of hydrogen-bond donors (Lipinski definition) is 1. The summed E-state index contributed by atoms with van der Waals surface area (Å²) in [4.78, 5) is 40.5. The third kappa shape index (κ3) is 4.25. The molecule has 5 aromatic rings. The van der Waals surface area contributed by atoms with Crippen LogP contribution in [0.4, 0.5) is 11.4 Å². The lowest BCUT2D eigenvalue weighted by Crippen LogP contribution is -2.37. The number of imidazole rings is 1. The van der Waals surface area contributed by atoms with Gasteiger partial charge in [-0.15, -0.1) is 0 Å². The average molecular weight is 489 g/mol. The second kappa shape index (κ2) is 9.35. The summed E-state index contributed by atoms with van der Waals surface area (Å²) in [6.45, 7) is 1.62. The van der Waals surface area contributed by atoms with Gasteiger partial charge in [-0.3, -0.25) is 14.7 Å². The van der Waals surface area contributed by atoms with Crippen molar-refractivity contribution >= 4 is 34.3 Å². The van der Waals surface area contributed by atoms with Crippen LogP contribution in [-0.2, 0) is 22.4 Å². The minimum absolute atomic E-state index is 0.295. The number of nitrogens with one attached hydrogen (secondary N) is 1. The van der Waals surface area contributed by atoms with Crippen molar-refractivity contribution in [2.45, 2.75) is 25.9 Å². The van der Waals surface area contributed by atoms with E-state index in [9.17, 15) is 9.59 Å². The number of carbonyl (C=O) groups is 2. The second-order valence-electron chi connectivity index (χ2n) is 9.04. The van der Waals surface area contributed by atoms with E-state index in [4.69, 9.17) is 4.74 Å². The number of esters is 1. The Morgan fingerprint density at radius 1 is 0.919 bits per heavy atom. The van der Waals surface area contributed by atoms with Crippen LogP contribution in [0.25, 0.3) is 22.4 Å². The Balaban J connectivity index is 1.26. The van der Waals surface area contributed by atoms with Crippen molar-refractivity contribution in [3.05, 3.63) is 108 Å². The highest BCUT2D eigenvalue weighted by Crippen LogP contribution is 2.36. The molecule has 3 heterocycles. The van der Waals surface area contributed by atoms with E-state index >= 15 is 0 Å². The van der Waals surface area contributed by atoms with Crippen molar-refractivity contribution in [3.8, 4) is 11.4 Å². The van der Waals surface area contributed by atoms with E-state index < -0.39 is 12.1 Å². The quantitative estimate of drug-likeness (QED) is 0.331. The summed E-state index contributed by atoms with van der Waals surface area (Å²) >= 11 is 0. The van der Waals surface area contributed by atoms with Crippen LogP contribution < -0.4 is 4.90 Å². The van der Waals surface area contributed by atoms with Crippen molar-refractivity contribution in [2.75, 3.05) is 4.90 Å². The van der Waals surface area contributed by atoms with Crippen LogP contribution in [0.15, 0.2) is 91.3 Å². The SMILES string of the molecule is CC(OC(=O)c1ccc2nc(-c3cccnc3)[nH]c2c1)C(=O)N1c2ccccc2CCc2ccccc21. The first-order valence-electron chi connectivity index (χ1n) is 12.2. The first-order chi connectivity index (χ1) is 18.1. The molecule has 1 N–H and O–H groups in total. The number of fused-ring (bicyclic) bond motifs is 3. The molecule has 0 fully saturated rings. The molecule has 0 radical (unpaired) electrons. The Kier molecular flexibility index (Phi) is 5.73. The molecule has 0 saturated carbocycles. The molecule has 7 nitrogen and oxygen atoms in total. The summed E-state index contributed by atoms with van der Waals surface area (Å²) in [6.07, 6.45) is 4.09. The molecule has 0 spiro atoms. The number of carbonyl (C=O) groups excluding carboxylic acids is 2. The van der Waals surface area contributed by atoms with E-state index in [-0.39, 0.29) is 5.91 Å². The first-order valence-corrected chi connectivity index (χ1v) is 12.2. The van der Waals surface area contributed by atoms with Crippen LogP contribution in [0, 0.1) is 0 Å². The molecule has 6 rings (SSSR count). The Hall–Kier alpha value is -4.78. The van der Waals surface area contributed by atoms with E-state index in [0.717, 1.165) is 46.4 Å². The molecular weight excluding hydrogens is 464 g/mol. The topological polar surface area (TPSA) is 88.2 Å². The van der Waals surface area contributed by atoms with Gasteiger partial charge in [-0.25, -0.2) is 9.78 Å². The fraction of sp³-hybridized carbons (Fsp3) is 0.133. The second-order valence-corrected chi connectivity index (χ2v) is 9.04. The highest BCUT2D eigenvalue weighted by Gasteiger charge is 2.31. The van der Waals surface area contributed by atoms with E-state index in [1.807, 2.05) is 60.7 Å². The third-order valence-corrected chi connectivity index (χ3v) is 6.63. The lowest BCUT2D eigenvalue weighted by Gasteiger charge is -2.27. The van der Waals surface area contributed by atoms with Gasteiger partial charge in [0.1, 0.15) is 5.82 Å². The Bertz CT molecular complexity index is 1580. The lowest BCUT2D eigenvalue weighted by molar-refractivity contribution is -0.125. The predicted octanol–water partition coefficient (Wildman–Crippen LogP) is 5.63. The number of aromatic nitrogens is 3. The molecule has 0 saturated heterocycles. The van der Waals surface area contributed by atoms with E-state index in [1.165, 1.54) is 0 Å². The largest absolute Gasteiger partial charge is 0.449 e. The van der Waals surface area contributed by atoms with Crippen molar-refractivity contribution in [2.24, 2.45) is 0 Å². The van der Waals surface area contributed by atoms with E-state index in [1.54, 1.807) is 42.4 Å². The van der Waals surface area contributed by atoms with Gasteiger partial charge in [0.15, 0.2) is 6.10 Å². The highest BCUT2D eigenvalue weighted by atomic mass is 16.5. The Labute approximate surface area is 213 Å². The van der Waals surface area contributed by atoms with Crippen molar-refractivity contribution < 1.29 is 14.3 Å². The zero-order valence-electron chi connectivity index (χ0n) is 20.2. The van der Waals surface area contributed by atoms with Gasteiger partial charge in [-0.05, 0) is 73.4 Å². The maximum atomic E-state index is 13.7. The number of pyridine rings is 1. The summed E-state index contributed by atoms with van der Waals surface area (Å²) in [5, 5.41) is 0. The molecule has 2 aromatic heterocycles. The van der Waals surface area contributed by atoms with Crippen molar-refractivity contribution in [1.29, 1.82) is 0 Å². The fourth-order valence-corrected chi connectivity index (χ4v) is 4.75. The predicted molar refractivity (Wildman–Crippen MR) is 142 cm³/mol. The summed E-state index contributed by atoms with van der Waals surface area (Å²) in [5.41, 5.74) is 6.41. The van der Waals surface area contributed by atoms with Crippen molar-refractivity contribution in [1.82, 2.24) is 15.0 Å². The minimum Gasteiger partial charge on any atom is -0.449 e. The van der Waals surface area contributed by atoms with Crippen LogP contribution in [0.5, 0.6) is 0 Å². The number of ether oxygens (including phenoxy) is 1. The number of H-pyrrole nitrogens is 1. The maximum Gasteiger partial charge on any atom is 0.338 e. The van der Waals surface area contributed by atoms with Crippen molar-refractivity contribution in [3.63, 3.8) is 0 Å². The standard InChI is InChI=1S/C30H24N4O3/c1-19(29(35)34-26-10-4-2-7-20(26)12-13-21-8-3-5-11-27(21)34)37-30(36)22-14-15-24-25(17-22)33-28(32-24)23-9-6-16-31-18-23/h2-11,14-19H,12-13H2,1H3,(H,32,33). The molecule has 1 unspecified atom stereocenters. The van der Waals surface area contributed by atoms with Crippen LogP contribution >= 0.6 is 0 Å².